The van der Waals surface area contributed by atoms with Gasteiger partial charge in [-0.25, -0.2) is 9.59 Å². The topological polar surface area (TPSA) is 110 Å². The first-order chi connectivity index (χ1) is 14.1. The number of carbonyl (C=O) groups excluding carboxylic acids is 3. The van der Waals surface area contributed by atoms with Crippen LogP contribution in [0.5, 0.6) is 5.88 Å². The summed E-state index contributed by atoms with van der Waals surface area (Å²) in [7, 11) is 0. The Morgan fingerprint density at radius 2 is 1.60 bits per heavy atom. The number of hydrogen-bond donors (Lipinski definition) is 3. The molecule has 0 bridgehead atoms. The van der Waals surface area contributed by atoms with Gasteiger partial charge in [0.15, 0.2) is 5.78 Å². The van der Waals surface area contributed by atoms with E-state index in [4.69, 9.17) is 4.84 Å². The standard InChI is InChI=1S/C22H23N3O5/c1-13(26)18-16-11-10-15(24-21(29)23-14-8-6-5-7-9-14)12-17(16)25(19(18)27)30-20(28)22(2,3)4/h5-12,27H,1-4H3,(H2,23,24,29). The largest absolute Gasteiger partial charge is 0.492 e. The van der Waals surface area contributed by atoms with Gasteiger partial charge in [0.1, 0.15) is 0 Å². The molecule has 8 heteroatoms. The van der Waals surface area contributed by atoms with Crippen molar-refractivity contribution in [2.45, 2.75) is 27.7 Å². The van der Waals surface area contributed by atoms with E-state index in [2.05, 4.69) is 10.6 Å². The lowest BCUT2D eigenvalue weighted by atomic mass is 9.98. The highest BCUT2D eigenvalue weighted by atomic mass is 16.7. The molecule has 0 spiro atoms. The molecule has 0 aliphatic rings. The first-order valence-corrected chi connectivity index (χ1v) is 9.32. The van der Waals surface area contributed by atoms with E-state index in [-0.39, 0.29) is 16.9 Å². The van der Waals surface area contributed by atoms with Crippen molar-refractivity contribution in [2.75, 3.05) is 10.6 Å². The molecule has 0 aliphatic carbocycles. The molecule has 0 saturated carbocycles. The van der Waals surface area contributed by atoms with Crippen molar-refractivity contribution in [1.29, 1.82) is 0 Å². The summed E-state index contributed by atoms with van der Waals surface area (Å²) in [6.45, 7) is 6.32. The second-order valence-corrected chi connectivity index (χ2v) is 7.85. The summed E-state index contributed by atoms with van der Waals surface area (Å²) in [5.41, 5.74) is 0.483. The van der Waals surface area contributed by atoms with E-state index in [1.54, 1.807) is 57.2 Å². The van der Waals surface area contributed by atoms with Crippen molar-refractivity contribution < 1.29 is 24.3 Å². The number of carbonyl (C=O) groups is 3. The number of hydrogen-bond acceptors (Lipinski definition) is 5. The van der Waals surface area contributed by atoms with Gasteiger partial charge in [0.25, 0.3) is 0 Å². The summed E-state index contributed by atoms with van der Waals surface area (Å²) >= 11 is 0. The minimum Gasteiger partial charge on any atom is -0.492 e. The Labute approximate surface area is 173 Å². The lowest BCUT2D eigenvalue weighted by Crippen LogP contribution is -2.31. The van der Waals surface area contributed by atoms with Crippen LogP contribution in [-0.2, 0) is 4.79 Å². The number of ketones is 1. The Balaban J connectivity index is 1.97. The Bertz CT molecular complexity index is 1130. The Kier molecular flexibility index (Phi) is 5.51. The third-order valence-corrected chi connectivity index (χ3v) is 4.33. The number of nitrogens with one attached hydrogen (secondary N) is 2. The van der Waals surface area contributed by atoms with Crippen LogP contribution in [0.4, 0.5) is 16.2 Å². The van der Waals surface area contributed by atoms with Crippen LogP contribution in [0, 0.1) is 5.41 Å². The Morgan fingerprint density at radius 3 is 2.20 bits per heavy atom. The maximum Gasteiger partial charge on any atom is 0.338 e. The summed E-state index contributed by atoms with van der Waals surface area (Å²) in [5.74, 6) is -1.45. The van der Waals surface area contributed by atoms with Crippen LogP contribution in [0.15, 0.2) is 48.5 Å². The predicted octanol–water partition coefficient (Wildman–Crippen LogP) is 4.19. The van der Waals surface area contributed by atoms with E-state index in [1.165, 1.54) is 13.0 Å². The minimum absolute atomic E-state index is 0.0343. The van der Waals surface area contributed by atoms with Crippen molar-refractivity contribution in [2.24, 2.45) is 5.41 Å². The highest BCUT2D eigenvalue weighted by Gasteiger charge is 2.28. The van der Waals surface area contributed by atoms with Gasteiger partial charge in [0.2, 0.25) is 5.88 Å². The molecule has 3 aromatic rings. The lowest BCUT2D eigenvalue weighted by Gasteiger charge is -2.17. The van der Waals surface area contributed by atoms with Crippen molar-refractivity contribution in [3.63, 3.8) is 0 Å². The molecule has 0 unspecified atom stereocenters. The molecule has 1 aromatic heterocycles. The third kappa shape index (κ3) is 4.27. The minimum atomic E-state index is -0.829. The predicted molar refractivity (Wildman–Crippen MR) is 114 cm³/mol. The average Bonchev–Trinajstić information content (AvgIpc) is 2.93. The van der Waals surface area contributed by atoms with Crippen LogP contribution in [0.3, 0.4) is 0 Å². The maximum atomic E-state index is 12.4. The average molecular weight is 409 g/mol. The zero-order chi connectivity index (χ0) is 22.1. The summed E-state index contributed by atoms with van der Waals surface area (Å²) in [6.07, 6.45) is 0. The van der Waals surface area contributed by atoms with Crippen LogP contribution in [0.1, 0.15) is 38.1 Å². The first-order valence-electron chi connectivity index (χ1n) is 9.32. The normalized spacial score (nSPS) is 11.2. The van der Waals surface area contributed by atoms with Crippen LogP contribution in [0.25, 0.3) is 10.9 Å². The molecule has 0 saturated heterocycles. The SMILES string of the molecule is CC(=O)c1c(O)n(OC(=O)C(C)(C)C)c2cc(NC(=O)Nc3ccccc3)ccc12. The zero-order valence-corrected chi connectivity index (χ0v) is 17.1. The van der Waals surface area contributed by atoms with Crippen LogP contribution >= 0.6 is 0 Å². The second kappa shape index (κ2) is 7.90. The number of anilines is 2. The fraction of sp³-hybridized carbons (Fsp3) is 0.227. The first kappa shape index (κ1) is 20.9. The number of aromatic nitrogens is 1. The van der Waals surface area contributed by atoms with Crippen molar-refractivity contribution in [3.8, 4) is 5.88 Å². The lowest BCUT2D eigenvalue weighted by molar-refractivity contribution is -0.153. The van der Waals surface area contributed by atoms with Gasteiger partial charge in [-0.1, -0.05) is 18.2 Å². The highest BCUT2D eigenvalue weighted by Crippen LogP contribution is 2.33. The second-order valence-electron chi connectivity index (χ2n) is 7.85. The van der Waals surface area contributed by atoms with Crippen LogP contribution in [0.2, 0.25) is 0 Å². The molecule has 1 heterocycles. The zero-order valence-electron chi connectivity index (χ0n) is 17.1. The van der Waals surface area contributed by atoms with Gasteiger partial charge in [-0.15, -0.1) is 4.73 Å². The van der Waals surface area contributed by atoms with E-state index in [0.29, 0.717) is 16.8 Å². The number of aromatic hydroxyl groups is 1. The molecule has 0 radical (unpaired) electrons. The molecule has 156 valence electrons. The van der Waals surface area contributed by atoms with Gasteiger partial charge >= 0.3 is 12.0 Å². The molecule has 2 amide bonds. The Morgan fingerprint density at radius 1 is 0.967 bits per heavy atom. The smallest absolute Gasteiger partial charge is 0.338 e. The number of fused-ring (bicyclic) bond motifs is 1. The van der Waals surface area contributed by atoms with E-state index in [0.717, 1.165) is 4.73 Å². The number of para-hydroxylation sites is 1. The number of nitrogens with zero attached hydrogens (tertiary/aromatic N) is 1. The summed E-state index contributed by atoms with van der Waals surface area (Å²) in [4.78, 5) is 42.0. The summed E-state index contributed by atoms with van der Waals surface area (Å²) in [5, 5.41) is 16.3. The molecule has 0 aliphatic heterocycles. The number of amides is 2. The van der Waals surface area contributed by atoms with E-state index >= 15 is 0 Å². The number of urea groups is 1. The molecular formula is C22H23N3O5. The number of rotatable bonds is 4. The quantitative estimate of drug-likeness (QED) is 0.560. The molecule has 0 fully saturated rings. The summed E-state index contributed by atoms with van der Waals surface area (Å²) < 4.78 is 0.917. The van der Waals surface area contributed by atoms with Gasteiger partial charge in [-0.2, -0.15) is 0 Å². The van der Waals surface area contributed by atoms with Gasteiger partial charge < -0.3 is 20.6 Å². The third-order valence-electron chi connectivity index (χ3n) is 4.33. The Hall–Kier alpha value is -3.81. The van der Waals surface area contributed by atoms with Gasteiger partial charge in [0.05, 0.1) is 16.5 Å². The van der Waals surface area contributed by atoms with Gasteiger partial charge in [-0.3, -0.25) is 4.79 Å². The van der Waals surface area contributed by atoms with Crippen LogP contribution in [-0.4, -0.2) is 27.6 Å². The van der Waals surface area contributed by atoms with E-state index in [9.17, 15) is 19.5 Å². The van der Waals surface area contributed by atoms with Crippen molar-refractivity contribution in [3.05, 3.63) is 54.1 Å². The fourth-order valence-corrected chi connectivity index (χ4v) is 2.80. The van der Waals surface area contributed by atoms with Gasteiger partial charge in [-0.05, 0) is 58.0 Å². The molecule has 2 aromatic carbocycles. The highest BCUT2D eigenvalue weighted by molar-refractivity contribution is 6.10. The molecule has 30 heavy (non-hydrogen) atoms. The van der Waals surface area contributed by atoms with Crippen molar-refractivity contribution >= 4 is 40.1 Å². The molecule has 0 atom stereocenters. The maximum absolute atomic E-state index is 12.4. The summed E-state index contributed by atoms with van der Waals surface area (Å²) in [6, 6.07) is 13.1. The molecular weight excluding hydrogens is 386 g/mol. The van der Waals surface area contributed by atoms with Gasteiger partial charge in [0, 0.05) is 16.8 Å². The molecule has 3 rings (SSSR count). The van der Waals surface area contributed by atoms with E-state index < -0.39 is 23.3 Å². The molecule has 8 nitrogen and oxygen atoms in total. The number of Topliss-reactive ketones (excluding diaryl/α,β-unsaturated/α-hetero) is 1. The van der Waals surface area contributed by atoms with Crippen LogP contribution < -0.4 is 15.5 Å². The monoisotopic (exact) mass is 409 g/mol. The fourth-order valence-electron chi connectivity index (χ4n) is 2.80. The van der Waals surface area contributed by atoms with E-state index in [1.807, 2.05) is 6.07 Å². The molecule has 3 N–H and O–H groups in total. The van der Waals surface area contributed by atoms with Crippen molar-refractivity contribution in [1.82, 2.24) is 4.73 Å². The number of benzene rings is 2.